The first-order valence-corrected chi connectivity index (χ1v) is 4.41. The minimum absolute atomic E-state index is 0.0864. The van der Waals surface area contributed by atoms with Gasteiger partial charge in [-0.3, -0.25) is 4.79 Å². The summed E-state index contributed by atoms with van der Waals surface area (Å²) in [6.07, 6.45) is 0. The first kappa shape index (κ1) is 12.4. The predicted molar refractivity (Wildman–Crippen MR) is 50.4 cm³/mol. The summed E-state index contributed by atoms with van der Waals surface area (Å²) in [7, 11) is 1.65. The van der Waals surface area contributed by atoms with Gasteiger partial charge >= 0.3 is 0 Å². The fourth-order valence-electron chi connectivity index (χ4n) is 0.968. The normalized spacial score (nSPS) is 11.5. The molecule has 0 heterocycles. The first-order valence-electron chi connectivity index (χ1n) is 4.41. The number of aliphatic hydroxyl groups is 1. The van der Waals surface area contributed by atoms with Crippen LogP contribution in [0, 0.1) is 0 Å². The number of hydrogen-bond donors (Lipinski definition) is 1. The van der Waals surface area contributed by atoms with Crippen molar-refractivity contribution in [2.75, 3.05) is 26.8 Å². The van der Waals surface area contributed by atoms with E-state index in [1.807, 2.05) is 6.92 Å². The van der Waals surface area contributed by atoms with Gasteiger partial charge in [0.1, 0.15) is 6.61 Å². The van der Waals surface area contributed by atoms with Gasteiger partial charge in [0.25, 0.3) is 0 Å². The molecular formula is C9H19NO3. The summed E-state index contributed by atoms with van der Waals surface area (Å²) in [5.41, 5.74) is -0.851. The number of nitrogens with zero attached hydrogens (tertiary/aromatic N) is 1. The van der Waals surface area contributed by atoms with Crippen LogP contribution in [-0.4, -0.2) is 48.3 Å². The minimum atomic E-state index is -0.851. The van der Waals surface area contributed by atoms with E-state index in [4.69, 9.17) is 4.74 Å². The Kier molecular flexibility index (Phi) is 4.95. The monoisotopic (exact) mass is 189 g/mol. The van der Waals surface area contributed by atoms with Crippen molar-refractivity contribution < 1.29 is 14.6 Å². The number of amides is 1. The van der Waals surface area contributed by atoms with Gasteiger partial charge < -0.3 is 14.7 Å². The van der Waals surface area contributed by atoms with Crippen LogP contribution < -0.4 is 0 Å². The molecule has 0 radical (unpaired) electrons. The van der Waals surface area contributed by atoms with E-state index in [1.54, 1.807) is 20.9 Å². The number of ether oxygens (including phenoxy) is 1. The van der Waals surface area contributed by atoms with Gasteiger partial charge in [-0.15, -0.1) is 0 Å². The smallest absolute Gasteiger partial charge is 0.248 e. The van der Waals surface area contributed by atoms with E-state index in [9.17, 15) is 9.90 Å². The molecular weight excluding hydrogens is 170 g/mol. The summed E-state index contributed by atoms with van der Waals surface area (Å²) in [6.45, 7) is 6.10. The Morgan fingerprint density at radius 1 is 1.54 bits per heavy atom. The molecule has 0 rings (SSSR count). The molecule has 0 spiro atoms. The van der Waals surface area contributed by atoms with E-state index in [1.165, 1.54) is 4.90 Å². The number of rotatable bonds is 5. The molecule has 0 atom stereocenters. The zero-order valence-electron chi connectivity index (χ0n) is 8.83. The average Bonchev–Trinajstić information content (AvgIpc) is 1.96. The molecule has 0 bridgehead atoms. The highest BCUT2D eigenvalue weighted by molar-refractivity contribution is 5.77. The maximum Gasteiger partial charge on any atom is 0.248 e. The Bertz CT molecular complexity index is 163. The molecule has 13 heavy (non-hydrogen) atoms. The topological polar surface area (TPSA) is 49.8 Å². The fraction of sp³-hybridized carbons (Fsp3) is 0.889. The molecule has 0 aliphatic rings. The fourth-order valence-corrected chi connectivity index (χ4v) is 0.968. The highest BCUT2D eigenvalue weighted by Gasteiger charge is 2.18. The molecule has 4 nitrogen and oxygen atoms in total. The van der Waals surface area contributed by atoms with E-state index in [-0.39, 0.29) is 12.5 Å². The summed E-state index contributed by atoms with van der Waals surface area (Å²) in [5, 5.41) is 9.43. The number of carbonyl (C=O) groups is 1. The molecule has 4 heteroatoms. The number of likely N-dealkylation sites (N-methyl/N-ethyl adjacent to an activating group) is 1. The lowest BCUT2D eigenvalue weighted by Gasteiger charge is -2.25. The Morgan fingerprint density at radius 2 is 2.08 bits per heavy atom. The maximum absolute atomic E-state index is 11.3. The molecule has 0 aliphatic heterocycles. The Morgan fingerprint density at radius 3 is 2.46 bits per heavy atom. The van der Waals surface area contributed by atoms with E-state index >= 15 is 0 Å². The minimum Gasteiger partial charge on any atom is -0.389 e. The van der Waals surface area contributed by atoms with Gasteiger partial charge in [-0.1, -0.05) is 0 Å². The van der Waals surface area contributed by atoms with Crippen molar-refractivity contribution in [1.29, 1.82) is 0 Å². The van der Waals surface area contributed by atoms with Crippen LogP contribution >= 0.6 is 0 Å². The van der Waals surface area contributed by atoms with Crippen LogP contribution in [0.2, 0.25) is 0 Å². The SMILES string of the molecule is CCOCC(=O)N(C)CC(C)(C)O. The molecule has 0 unspecified atom stereocenters. The van der Waals surface area contributed by atoms with Crippen LogP contribution in [0.15, 0.2) is 0 Å². The molecule has 0 fully saturated rings. The second-order valence-corrected chi connectivity index (χ2v) is 3.70. The van der Waals surface area contributed by atoms with Crippen molar-refractivity contribution in [3.8, 4) is 0 Å². The van der Waals surface area contributed by atoms with Crippen LogP contribution in [0.1, 0.15) is 20.8 Å². The van der Waals surface area contributed by atoms with Crippen molar-refractivity contribution in [2.24, 2.45) is 0 Å². The van der Waals surface area contributed by atoms with Gasteiger partial charge in [-0.05, 0) is 20.8 Å². The van der Waals surface area contributed by atoms with Crippen LogP contribution in [0.25, 0.3) is 0 Å². The van der Waals surface area contributed by atoms with Crippen molar-refractivity contribution in [2.45, 2.75) is 26.4 Å². The molecule has 0 aromatic heterocycles. The largest absolute Gasteiger partial charge is 0.389 e. The molecule has 0 aliphatic carbocycles. The molecule has 1 N–H and O–H groups in total. The van der Waals surface area contributed by atoms with E-state index in [0.717, 1.165) is 0 Å². The van der Waals surface area contributed by atoms with Crippen LogP contribution in [-0.2, 0) is 9.53 Å². The van der Waals surface area contributed by atoms with Crippen molar-refractivity contribution >= 4 is 5.91 Å². The lowest BCUT2D eigenvalue weighted by molar-refractivity contribution is -0.137. The van der Waals surface area contributed by atoms with Crippen LogP contribution in [0.3, 0.4) is 0 Å². The molecule has 78 valence electrons. The molecule has 0 aromatic rings. The Labute approximate surface area is 79.5 Å². The standard InChI is InChI=1S/C9H19NO3/c1-5-13-6-8(11)10(4)7-9(2,3)12/h12H,5-7H2,1-4H3. The second kappa shape index (κ2) is 5.19. The third-order valence-electron chi connectivity index (χ3n) is 1.48. The van der Waals surface area contributed by atoms with Crippen molar-refractivity contribution in [3.05, 3.63) is 0 Å². The summed E-state index contributed by atoms with van der Waals surface area (Å²) in [4.78, 5) is 12.7. The van der Waals surface area contributed by atoms with Crippen molar-refractivity contribution in [3.63, 3.8) is 0 Å². The van der Waals surface area contributed by atoms with E-state index in [0.29, 0.717) is 13.2 Å². The zero-order valence-corrected chi connectivity index (χ0v) is 8.83. The lowest BCUT2D eigenvalue weighted by atomic mass is 10.1. The summed E-state index contributed by atoms with van der Waals surface area (Å²) in [6, 6.07) is 0. The third kappa shape index (κ3) is 6.54. The zero-order chi connectivity index (χ0) is 10.5. The van der Waals surface area contributed by atoms with Gasteiger partial charge in [0.05, 0.1) is 5.60 Å². The molecule has 0 saturated heterocycles. The van der Waals surface area contributed by atoms with Gasteiger partial charge in [0.15, 0.2) is 0 Å². The number of carbonyl (C=O) groups excluding carboxylic acids is 1. The van der Waals surface area contributed by atoms with Gasteiger partial charge in [0, 0.05) is 20.2 Å². The summed E-state index contributed by atoms with van der Waals surface area (Å²) < 4.78 is 4.96. The Balaban J connectivity index is 3.83. The van der Waals surface area contributed by atoms with Gasteiger partial charge in [-0.25, -0.2) is 0 Å². The average molecular weight is 189 g/mol. The third-order valence-corrected chi connectivity index (χ3v) is 1.48. The van der Waals surface area contributed by atoms with Crippen LogP contribution in [0.4, 0.5) is 0 Å². The first-order chi connectivity index (χ1) is 5.87. The van der Waals surface area contributed by atoms with Gasteiger partial charge in [0.2, 0.25) is 5.91 Å². The second-order valence-electron chi connectivity index (χ2n) is 3.70. The predicted octanol–water partition coefficient (Wildman–Crippen LogP) is 0.252. The Hall–Kier alpha value is -0.610. The van der Waals surface area contributed by atoms with E-state index < -0.39 is 5.60 Å². The quantitative estimate of drug-likeness (QED) is 0.674. The summed E-state index contributed by atoms with van der Waals surface area (Å²) in [5.74, 6) is -0.107. The van der Waals surface area contributed by atoms with Gasteiger partial charge in [-0.2, -0.15) is 0 Å². The number of hydrogen-bond acceptors (Lipinski definition) is 3. The lowest BCUT2D eigenvalue weighted by Crippen LogP contribution is -2.41. The van der Waals surface area contributed by atoms with E-state index in [2.05, 4.69) is 0 Å². The highest BCUT2D eigenvalue weighted by Crippen LogP contribution is 2.03. The summed E-state index contributed by atoms with van der Waals surface area (Å²) >= 11 is 0. The van der Waals surface area contributed by atoms with Crippen molar-refractivity contribution in [1.82, 2.24) is 4.90 Å². The van der Waals surface area contributed by atoms with Crippen LogP contribution in [0.5, 0.6) is 0 Å². The molecule has 1 amide bonds. The molecule has 0 saturated carbocycles. The highest BCUT2D eigenvalue weighted by atomic mass is 16.5. The molecule has 0 aromatic carbocycles. The maximum atomic E-state index is 11.3.